The van der Waals surface area contributed by atoms with E-state index < -0.39 is 11.6 Å². The molecule has 1 fully saturated rings. The van der Waals surface area contributed by atoms with Gasteiger partial charge in [-0.25, -0.2) is 8.78 Å². The molecule has 1 aliphatic carbocycles. The standard InChI is InChI=1S/C15H18F2/c1-3-11-5-7-12(8-6-11)13-9-4-10(2)14(16)15(13)17/h3-4,9,11-12H,1,5-8H2,2H3. The van der Waals surface area contributed by atoms with Crippen molar-refractivity contribution >= 4 is 0 Å². The molecule has 0 heterocycles. The molecular formula is C15H18F2. The first kappa shape index (κ1) is 12.3. The third-order valence-electron chi connectivity index (χ3n) is 3.85. The fraction of sp³-hybridized carbons (Fsp3) is 0.467. The Bertz CT molecular complexity index is 415. The first-order valence-electron chi connectivity index (χ1n) is 6.20. The van der Waals surface area contributed by atoms with Crippen LogP contribution in [0.25, 0.3) is 0 Å². The Hall–Kier alpha value is -1.18. The predicted octanol–water partition coefficient (Wildman–Crippen LogP) is 4.73. The zero-order valence-electron chi connectivity index (χ0n) is 10.2. The molecule has 0 aliphatic heterocycles. The summed E-state index contributed by atoms with van der Waals surface area (Å²) in [4.78, 5) is 0. The summed E-state index contributed by atoms with van der Waals surface area (Å²) in [5, 5.41) is 0. The maximum absolute atomic E-state index is 13.8. The molecule has 2 heteroatoms. The monoisotopic (exact) mass is 236 g/mol. The van der Waals surface area contributed by atoms with Gasteiger partial charge in [0.1, 0.15) is 0 Å². The lowest BCUT2D eigenvalue weighted by Crippen LogP contribution is -2.13. The molecule has 0 radical (unpaired) electrons. The summed E-state index contributed by atoms with van der Waals surface area (Å²) in [5.74, 6) is -0.619. The Balaban J connectivity index is 2.19. The van der Waals surface area contributed by atoms with Crippen LogP contribution in [0.5, 0.6) is 0 Å². The second kappa shape index (κ2) is 4.99. The van der Waals surface area contributed by atoms with Gasteiger partial charge in [0, 0.05) is 0 Å². The lowest BCUT2D eigenvalue weighted by atomic mass is 9.78. The van der Waals surface area contributed by atoms with Gasteiger partial charge in [0.15, 0.2) is 11.6 Å². The number of hydrogen-bond acceptors (Lipinski definition) is 0. The second-order valence-electron chi connectivity index (χ2n) is 4.95. The summed E-state index contributed by atoms with van der Waals surface area (Å²) in [7, 11) is 0. The predicted molar refractivity (Wildman–Crippen MR) is 66.0 cm³/mol. The highest BCUT2D eigenvalue weighted by Crippen LogP contribution is 2.37. The minimum absolute atomic E-state index is 0.168. The fourth-order valence-corrected chi connectivity index (χ4v) is 2.64. The highest BCUT2D eigenvalue weighted by atomic mass is 19.2. The Kier molecular flexibility index (Phi) is 3.60. The van der Waals surface area contributed by atoms with E-state index in [1.165, 1.54) is 0 Å². The van der Waals surface area contributed by atoms with Crippen molar-refractivity contribution in [1.82, 2.24) is 0 Å². The summed E-state index contributed by atoms with van der Waals surface area (Å²) in [6, 6.07) is 3.42. The van der Waals surface area contributed by atoms with E-state index in [0.717, 1.165) is 25.7 Å². The Morgan fingerprint density at radius 3 is 2.35 bits per heavy atom. The summed E-state index contributed by atoms with van der Waals surface area (Å²) < 4.78 is 27.3. The molecule has 0 aromatic heterocycles. The lowest BCUT2D eigenvalue weighted by molar-refractivity contribution is 0.364. The quantitative estimate of drug-likeness (QED) is 0.651. The van der Waals surface area contributed by atoms with Crippen molar-refractivity contribution in [2.24, 2.45) is 5.92 Å². The van der Waals surface area contributed by atoms with E-state index in [4.69, 9.17) is 0 Å². The molecule has 92 valence electrons. The molecule has 0 atom stereocenters. The molecule has 0 bridgehead atoms. The average molecular weight is 236 g/mol. The molecule has 0 spiro atoms. The SMILES string of the molecule is C=CC1CCC(c2ccc(C)c(F)c2F)CC1. The molecule has 0 amide bonds. The minimum Gasteiger partial charge on any atom is -0.203 e. The number of allylic oxidation sites excluding steroid dienone is 1. The minimum atomic E-state index is -0.687. The summed E-state index contributed by atoms with van der Waals surface area (Å²) in [6.07, 6.45) is 5.89. The van der Waals surface area contributed by atoms with E-state index in [1.807, 2.05) is 6.08 Å². The molecule has 1 aromatic rings. The normalized spacial score (nSPS) is 24.6. The van der Waals surface area contributed by atoms with Crippen LogP contribution in [-0.4, -0.2) is 0 Å². The van der Waals surface area contributed by atoms with E-state index in [-0.39, 0.29) is 5.92 Å². The summed E-state index contributed by atoms with van der Waals surface area (Å²) in [5.41, 5.74) is 0.932. The number of hydrogen-bond donors (Lipinski definition) is 0. The second-order valence-corrected chi connectivity index (χ2v) is 4.95. The fourth-order valence-electron chi connectivity index (χ4n) is 2.64. The van der Waals surface area contributed by atoms with Gasteiger partial charge in [-0.3, -0.25) is 0 Å². The molecule has 0 N–H and O–H groups in total. The highest BCUT2D eigenvalue weighted by Gasteiger charge is 2.24. The van der Waals surface area contributed by atoms with Gasteiger partial charge in [0.2, 0.25) is 0 Å². The first-order chi connectivity index (χ1) is 8.13. The van der Waals surface area contributed by atoms with Crippen molar-refractivity contribution in [3.8, 4) is 0 Å². The van der Waals surface area contributed by atoms with Gasteiger partial charge < -0.3 is 0 Å². The first-order valence-corrected chi connectivity index (χ1v) is 6.20. The van der Waals surface area contributed by atoms with Gasteiger partial charge in [-0.1, -0.05) is 18.2 Å². The molecule has 1 aromatic carbocycles. The van der Waals surface area contributed by atoms with Crippen LogP contribution in [0.1, 0.15) is 42.7 Å². The van der Waals surface area contributed by atoms with Crippen LogP contribution < -0.4 is 0 Å². The molecule has 0 nitrogen and oxygen atoms in total. The Morgan fingerprint density at radius 1 is 1.12 bits per heavy atom. The number of rotatable bonds is 2. The van der Waals surface area contributed by atoms with Crippen molar-refractivity contribution in [3.05, 3.63) is 47.5 Å². The van der Waals surface area contributed by atoms with Gasteiger partial charge in [0.05, 0.1) is 0 Å². The lowest BCUT2D eigenvalue weighted by Gasteiger charge is -2.27. The number of halogens is 2. The Morgan fingerprint density at radius 2 is 1.76 bits per heavy atom. The van der Waals surface area contributed by atoms with Crippen LogP contribution in [0.15, 0.2) is 24.8 Å². The van der Waals surface area contributed by atoms with Crippen LogP contribution >= 0.6 is 0 Å². The average Bonchev–Trinajstić information content (AvgIpc) is 2.36. The highest BCUT2D eigenvalue weighted by molar-refractivity contribution is 5.28. The zero-order valence-corrected chi connectivity index (χ0v) is 10.2. The Labute approximate surface area is 101 Å². The van der Waals surface area contributed by atoms with Gasteiger partial charge in [-0.2, -0.15) is 0 Å². The van der Waals surface area contributed by atoms with Gasteiger partial charge in [-0.05, 0) is 55.6 Å². The van der Waals surface area contributed by atoms with Crippen LogP contribution in [0.3, 0.4) is 0 Å². The summed E-state index contributed by atoms with van der Waals surface area (Å²) >= 11 is 0. The molecule has 1 aliphatic rings. The zero-order chi connectivity index (χ0) is 12.4. The topological polar surface area (TPSA) is 0 Å². The molecule has 2 rings (SSSR count). The van der Waals surface area contributed by atoms with Crippen molar-refractivity contribution in [2.75, 3.05) is 0 Å². The van der Waals surface area contributed by atoms with Crippen LogP contribution in [0.2, 0.25) is 0 Å². The molecule has 0 unspecified atom stereocenters. The number of aryl methyl sites for hydroxylation is 1. The van der Waals surface area contributed by atoms with Crippen molar-refractivity contribution in [3.63, 3.8) is 0 Å². The van der Waals surface area contributed by atoms with Crippen LogP contribution in [0, 0.1) is 24.5 Å². The van der Waals surface area contributed by atoms with Crippen LogP contribution in [-0.2, 0) is 0 Å². The van der Waals surface area contributed by atoms with E-state index in [2.05, 4.69) is 6.58 Å². The van der Waals surface area contributed by atoms with Crippen LogP contribution in [0.4, 0.5) is 8.78 Å². The smallest absolute Gasteiger partial charge is 0.162 e. The largest absolute Gasteiger partial charge is 0.203 e. The van der Waals surface area contributed by atoms with E-state index >= 15 is 0 Å². The van der Waals surface area contributed by atoms with E-state index in [0.29, 0.717) is 17.0 Å². The third kappa shape index (κ3) is 2.41. The van der Waals surface area contributed by atoms with E-state index in [1.54, 1.807) is 19.1 Å². The number of benzene rings is 1. The maximum Gasteiger partial charge on any atom is 0.162 e. The molecular weight excluding hydrogens is 218 g/mol. The molecule has 0 saturated heterocycles. The van der Waals surface area contributed by atoms with Gasteiger partial charge in [-0.15, -0.1) is 6.58 Å². The van der Waals surface area contributed by atoms with Gasteiger partial charge >= 0.3 is 0 Å². The third-order valence-corrected chi connectivity index (χ3v) is 3.85. The molecule has 17 heavy (non-hydrogen) atoms. The maximum atomic E-state index is 13.8. The van der Waals surface area contributed by atoms with Crippen molar-refractivity contribution in [2.45, 2.75) is 38.5 Å². The van der Waals surface area contributed by atoms with Gasteiger partial charge in [0.25, 0.3) is 0 Å². The van der Waals surface area contributed by atoms with E-state index in [9.17, 15) is 8.78 Å². The van der Waals surface area contributed by atoms with Crippen molar-refractivity contribution in [1.29, 1.82) is 0 Å². The van der Waals surface area contributed by atoms with Crippen molar-refractivity contribution < 1.29 is 8.78 Å². The summed E-state index contributed by atoms with van der Waals surface area (Å²) in [6.45, 7) is 5.39. The molecule has 1 saturated carbocycles.